The molecule has 6 nitrogen and oxygen atoms in total. The maximum absolute atomic E-state index is 12.2. The van der Waals surface area contributed by atoms with E-state index in [0.29, 0.717) is 5.56 Å². The summed E-state index contributed by atoms with van der Waals surface area (Å²) in [6.45, 7) is 3.10. The van der Waals surface area contributed by atoms with Gasteiger partial charge in [0.2, 0.25) is 0 Å². The lowest BCUT2D eigenvalue weighted by Gasteiger charge is -2.10. The van der Waals surface area contributed by atoms with Gasteiger partial charge in [0.05, 0.1) is 4.90 Å². The summed E-state index contributed by atoms with van der Waals surface area (Å²) in [6.07, 6.45) is 0. The molecular formula is C16H16N2O4S. The summed E-state index contributed by atoms with van der Waals surface area (Å²) < 4.78 is 24.4. The Morgan fingerprint density at radius 1 is 1.00 bits per heavy atom. The molecule has 1 amide bonds. The quantitative estimate of drug-likeness (QED) is 0.645. The van der Waals surface area contributed by atoms with Crippen molar-refractivity contribution in [3.05, 3.63) is 65.2 Å². The number of hydrogen-bond acceptors (Lipinski definition) is 4. The topological polar surface area (TPSA) is 92.3 Å². The van der Waals surface area contributed by atoms with Crippen molar-refractivity contribution in [1.29, 1.82) is 0 Å². The maximum Gasteiger partial charge on any atom is 0.266 e. The molecule has 23 heavy (non-hydrogen) atoms. The van der Waals surface area contributed by atoms with Crippen LogP contribution in [0.15, 0.2) is 53.4 Å². The van der Waals surface area contributed by atoms with E-state index < -0.39 is 15.9 Å². The molecule has 0 spiro atoms. The summed E-state index contributed by atoms with van der Waals surface area (Å²) in [7, 11) is -3.97. The molecule has 0 radical (unpaired) electrons. The van der Waals surface area contributed by atoms with E-state index in [4.69, 9.17) is 0 Å². The van der Waals surface area contributed by atoms with Crippen LogP contribution >= 0.6 is 0 Å². The minimum atomic E-state index is -3.97. The molecule has 0 unspecified atom stereocenters. The van der Waals surface area contributed by atoms with E-state index in [-0.39, 0.29) is 16.2 Å². The molecule has 0 aliphatic carbocycles. The molecule has 120 valence electrons. The third-order valence-electron chi connectivity index (χ3n) is 3.24. The highest BCUT2D eigenvalue weighted by Crippen LogP contribution is 2.12. The normalized spacial score (nSPS) is 11.0. The first-order chi connectivity index (χ1) is 10.8. The molecule has 2 rings (SSSR count). The van der Waals surface area contributed by atoms with Crippen molar-refractivity contribution in [2.24, 2.45) is 0 Å². The monoisotopic (exact) mass is 332 g/mol. The first-order valence-corrected chi connectivity index (χ1v) is 8.28. The Labute approximate surface area is 134 Å². The van der Waals surface area contributed by atoms with Crippen molar-refractivity contribution in [3.63, 3.8) is 0 Å². The standard InChI is InChI=1S/C16H16N2O4S/c1-11-6-3-4-9-15(11)16(20)17-18-23(21,22)14-8-5-7-13(10-14)12(2)19/h3-10,18H,1-2H3,(H,17,20). The second kappa shape index (κ2) is 6.72. The Balaban J connectivity index is 2.16. The summed E-state index contributed by atoms with van der Waals surface area (Å²) in [5.74, 6) is -0.805. The third kappa shape index (κ3) is 4.02. The SMILES string of the molecule is CC(=O)c1cccc(S(=O)(=O)NNC(=O)c2ccccc2C)c1. The highest BCUT2D eigenvalue weighted by atomic mass is 32.2. The molecule has 0 saturated heterocycles. The first-order valence-electron chi connectivity index (χ1n) is 6.80. The van der Waals surface area contributed by atoms with Crippen molar-refractivity contribution in [1.82, 2.24) is 10.3 Å². The van der Waals surface area contributed by atoms with E-state index in [2.05, 4.69) is 5.43 Å². The highest BCUT2D eigenvalue weighted by Gasteiger charge is 2.17. The zero-order valence-corrected chi connectivity index (χ0v) is 13.5. The number of rotatable bonds is 5. The molecule has 0 aliphatic rings. The third-order valence-corrected chi connectivity index (χ3v) is 4.48. The van der Waals surface area contributed by atoms with Crippen LogP contribution in [-0.2, 0) is 10.0 Å². The number of aryl methyl sites for hydroxylation is 1. The van der Waals surface area contributed by atoms with Gasteiger partial charge in [-0.25, -0.2) is 8.42 Å². The smallest absolute Gasteiger partial charge is 0.266 e. The zero-order chi connectivity index (χ0) is 17.0. The number of nitrogens with one attached hydrogen (secondary N) is 2. The van der Waals surface area contributed by atoms with Crippen molar-refractivity contribution in [2.45, 2.75) is 18.7 Å². The van der Waals surface area contributed by atoms with E-state index in [0.717, 1.165) is 5.56 Å². The first kappa shape index (κ1) is 16.9. The van der Waals surface area contributed by atoms with Gasteiger partial charge < -0.3 is 0 Å². The number of carbonyl (C=O) groups excluding carboxylic acids is 2. The summed E-state index contributed by atoms with van der Waals surface area (Å²) in [5.41, 5.74) is 3.53. The Bertz CT molecular complexity index is 860. The van der Waals surface area contributed by atoms with Crippen LogP contribution in [0.25, 0.3) is 0 Å². The lowest BCUT2D eigenvalue weighted by Crippen LogP contribution is -2.41. The van der Waals surface area contributed by atoms with Crippen LogP contribution in [0.3, 0.4) is 0 Å². The van der Waals surface area contributed by atoms with E-state index in [9.17, 15) is 18.0 Å². The van der Waals surface area contributed by atoms with Crippen LogP contribution in [0.5, 0.6) is 0 Å². The lowest BCUT2D eigenvalue weighted by molar-refractivity contribution is 0.0943. The highest BCUT2D eigenvalue weighted by molar-refractivity contribution is 7.89. The molecule has 0 saturated carbocycles. The fourth-order valence-electron chi connectivity index (χ4n) is 1.95. The van der Waals surface area contributed by atoms with Crippen molar-refractivity contribution >= 4 is 21.7 Å². The van der Waals surface area contributed by atoms with Gasteiger partial charge in [-0.05, 0) is 37.6 Å². The summed E-state index contributed by atoms with van der Waals surface area (Å²) in [6, 6.07) is 12.4. The van der Waals surface area contributed by atoms with Crippen LogP contribution in [0, 0.1) is 6.92 Å². The van der Waals surface area contributed by atoms with E-state index in [1.54, 1.807) is 31.2 Å². The van der Waals surface area contributed by atoms with E-state index in [1.807, 2.05) is 4.83 Å². The van der Waals surface area contributed by atoms with Crippen LogP contribution in [0.1, 0.15) is 33.2 Å². The second-order valence-corrected chi connectivity index (χ2v) is 6.64. The van der Waals surface area contributed by atoms with Gasteiger partial charge in [-0.3, -0.25) is 15.0 Å². The number of amides is 1. The molecule has 2 N–H and O–H groups in total. The Morgan fingerprint density at radius 2 is 1.70 bits per heavy atom. The predicted octanol–water partition coefficient (Wildman–Crippen LogP) is 1.82. The van der Waals surface area contributed by atoms with E-state index in [1.165, 1.54) is 31.2 Å². The van der Waals surface area contributed by atoms with Crippen molar-refractivity contribution < 1.29 is 18.0 Å². The van der Waals surface area contributed by atoms with Gasteiger partial charge >= 0.3 is 0 Å². The summed E-state index contributed by atoms with van der Waals surface area (Å²) in [4.78, 5) is 25.3. The fourth-order valence-corrected chi connectivity index (χ4v) is 2.83. The minimum Gasteiger partial charge on any atom is -0.295 e. The summed E-state index contributed by atoms with van der Waals surface area (Å²) in [5, 5.41) is 0. The van der Waals surface area contributed by atoms with Gasteiger partial charge in [0.15, 0.2) is 5.78 Å². The zero-order valence-electron chi connectivity index (χ0n) is 12.7. The molecular weight excluding hydrogens is 316 g/mol. The minimum absolute atomic E-state index is 0.102. The van der Waals surface area contributed by atoms with Gasteiger partial charge in [-0.1, -0.05) is 30.3 Å². The van der Waals surface area contributed by atoms with Gasteiger partial charge in [-0.15, -0.1) is 4.83 Å². The molecule has 0 bridgehead atoms. The van der Waals surface area contributed by atoms with Gasteiger partial charge in [0.25, 0.3) is 15.9 Å². The van der Waals surface area contributed by atoms with Gasteiger partial charge in [-0.2, -0.15) is 0 Å². The molecule has 0 fully saturated rings. The molecule has 0 atom stereocenters. The molecule has 7 heteroatoms. The molecule has 0 aliphatic heterocycles. The van der Waals surface area contributed by atoms with Crippen LogP contribution in [0.4, 0.5) is 0 Å². The lowest BCUT2D eigenvalue weighted by atomic mass is 10.1. The average molecular weight is 332 g/mol. The Kier molecular flexibility index (Phi) is 4.92. The van der Waals surface area contributed by atoms with Crippen LogP contribution in [-0.4, -0.2) is 20.1 Å². The Hall–Kier alpha value is -2.51. The number of Topliss-reactive ketones (excluding diaryl/α,β-unsaturated/α-hetero) is 1. The van der Waals surface area contributed by atoms with Crippen molar-refractivity contribution in [3.8, 4) is 0 Å². The van der Waals surface area contributed by atoms with Gasteiger partial charge in [0.1, 0.15) is 0 Å². The second-order valence-electron chi connectivity index (χ2n) is 4.96. The maximum atomic E-state index is 12.2. The largest absolute Gasteiger partial charge is 0.295 e. The summed E-state index contributed by atoms with van der Waals surface area (Å²) >= 11 is 0. The molecule has 0 aromatic heterocycles. The number of ketones is 1. The number of hydrazine groups is 1. The van der Waals surface area contributed by atoms with E-state index >= 15 is 0 Å². The fraction of sp³-hybridized carbons (Fsp3) is 0.125. The number of benzene rings is 2. The number of sulfonamides is 1. The van der Waals surface area contributed by atoms with Gasteiger partial charge in [0, 0.05) is 11.1 Å². The van der Waals surface area contributed by atoms with Crippen LogP contribution in [0.2, 0.25) is 0 Å². The number of hydrogen-bond donors (Lipinski definition) is 2. The van der Waals surface area contributed by atoms with Crippen molar-refractivity contribution in [2.75, 3.05) is 0 Å². The average Bonchev–Trinajstić information content (AvgIpc) is 2.53. The van der Waals surface area contributed by atoms with Crippen LogP contribution < -0.4 is 10.3 Å². The molecule has 2 aromatic rings. The molecule has 2 aromatic carbocycles. The molecule has 0 heterocycles. The Morgan fingerprint density at radius 3 is 2.35 bits per heavy atom. The predicted molar refractivity (Wildman–Crippen MR) is 85.4 cm³/mol. The number of carbonyl (C=O) groups is 2.